The van der Waals surface area contributed by atoms with Crippen molar-refractivity contribution in [2.75, 3.05) is 24.3 Å². The first-order chi connectivity index (χ1) is 13.0. The zero-order valence-electron chi connectivity index (χ0n) is 14.8. The number of carbonyl (C=O) groups is 2. The first kappa shape index (κ1) is 17.3. The van der Waals surface area contributed by atoms with E-state index >= 15 is 0 Å². The van der Waals surface area contributed by atoms with Crippen LogP contribution in [0, 0.1) is 6.92 Å². The van der Waals surface area contributed by atoms with Crippen LogP contribution < -0.4 is 20.5 Å². The topological polar surface area (TPSA) is 104 Å². The Labute approximate surface area is 159 Å². The van der Waals surface area contributed by atoms with E-state index in [0.29, 0.717) is 62.4 Å². The smallest absolute Gasteiger partial charge is 0.268 e. The number of thiophene rings is 1. The molecule has 1 aliphatic heterocycles. The van der Waals surface area contributed by atoms with Gasteiger partial charge in [0.25, 0.3) is 5.91 Å². The number of hydrogen-bond acceptors (Lipinski definition) is 7. The van der Waals surface area contributed by atoms with E-state index in [1.807, 2.05) is 0 Å². The van der Waals surface area contributed by atoms with Crippen molar-refractivity contribution in [2.24, 2.45) is 0 Å². The number of nitrogens with one attached hydrogen (secondary N) is 1. The van der Waals surface area contributed by atoms with Crippen molar-refractivity contribution in [1.82, 2.24) is 4.98 Å². The highest BCUT2D eigenvalue weighted by Crippen LogP contribution is 2.39. The van der Waals surface area contributed by atoms with Crippen molar-refractivity contribution in [3.05, 3.63) is 40.4 Å². The first-order valence-corrected chi connectivity index (χ1v) is 9.18. The summed E-state index contributed by atoms with van der Waals surface area (Å²) in [6, 6.07) is 7.00. The van der Waals surface area contributed by atoms with Crippen molar-refractivity contribution in [3.63, 3.8) is 0 Å². The molecule has 2 aromatic heterocycles. The van der Waals surface area contributed by atoms with Crippen LogP contribution in [-0.4, -0.2) is 29.9 Å². The second kappa shape index (κ2) is 6.55. The van der Waals surface area contributed by atoms with E-state index < -0.39 is 0 Å². The van der Waals surface area contributed by atoms with Crippen LogP contribution in [-0.2, 0) is 0 Å². The number of fused-ring (bicyclic) bond motifs is 2. The van der Waals surface area contributed by atoms with Crippen molar-refractivity contribution < 1.29 is 19.1 Å². The first-order valence-electron chi connectivity index (χ1n) is 8.36. The Bertz CT molecular complexity index is 1090. The highest BCUT2D eigenvalue weighted by Gasteiger charge is 2.22. The van der Waals surface area contributed by atoms with Crippen molar-refractivity contribution >= 4 is 44.6 Å². The number of rotatable bonds is 3. The van der Waals surface area contributed by atoms with Crippen molar-refractivity contribution in [3.8, 4) is 11.5 Å². The number of aryl methyl sites for hydroxylation is 1. The molecule has 4 rings (SSSR count). The zero-order valence-corrected chi connectivity index (χ0v) is 15.6. The minimum absolute atomic E-state index is 0.0911. The van der Waals surface area contributed by atoms with Gasteiger partial charge in [0.2, 0.25) is 0 Å². The van der Waals surface area contributed by atoms with Crippen molar-refractivity contribution in [1.29, 1.82) is 0 Å². The Balaban J connectivity index is 1.71. The lowest BCUT2D eigenvalue weighted by molar-refractivity contribution is 0.101. The molecule has 0 unspecified atom stereocenters. The molecule has 0 saturated heterocycles. The van der Waals surface area contributed by atoms with Gasteiger partial charge >= 0.3 is 0 Å². The van der Waals surface area contributed by atoms with Gasteiger partial charge in [-0.2, -0.15) is 0 Å². The standard InChI is InChI=1S/C19H17N3O4S/c1-9-11(10(2)23)8-12-15(20)17(27-19(12)21-9)18(24)22-13-4-3-5-14-16(13)26-7-6-25-14/h3-5,8H,6-7,20H2,1-2H3,(H,22,24). The molecule has 3 N–H and O–H groups in total. The Hall–Kier alpha value is -3.13. The van der Waals surface area contributed by atoms with E-state index in [1.165, 1.54) is 18.3 Å². The van der Waals surface area contributed by atoms with Gasteiger partial charge < -0.3 is 20.5 Å². The molecule has 138 valence electrons. The number of ketones is 1. The second-order valence-corrected chi connectivity index (χ2v) is 7.16. The molecule has 0 fully saturated rings. The molecular weight excluding hydrogens is 366 g/mol. The average Bonchev–Trinajstić information content (AvgIpc) is 2.97. The number of anilines is 2. The lowest BCUT2D eigenvalue weighted by Crippen LogP contribution is -2.18. The van der Waals surface area contributed by atoms with E-state index in [0.717, 1.165) is 0 Å². The predicted octanol–water partition coefficient (Wildman–Crippen LogP) is 3.41. The quantitative estimate of drug-likeness (QED) is 0.672. The third kappa shape index (κ3) is 2.97. The highest BCUT2D eigenvalue weighted by atomic mass is 32.1. The van der Waals surface area contributed by atoms with Crippen LogP contribution in [0.2, 0.25) is 0 Å². The molecule has 1 amide bonds. The average molecular weight is 383 g/mol. The van der Waals surface area contributed by atoms with Crippen LogP contribution in [0.5, 0.6) is 11.5 Å². The lowest BCUT2D eigenvalue weighted by atomic mass is 10.1. The van der Waals surface area contributed by atoms with Gasteiger partial charge in [0, 0.05) is 16.6 Å². The SMILES string of the molecule is CC(=O)c1cc2c(N)c(C(=O)Nc3cccc4c3OCCO4)sc2nc1C. The van der Waals surface area contributed by atoms with Gasteiger partial charge in [0.15, 0.2) is 17.3 Å². The van der Waals surface area contributed by atoms with Crippen LogP contribution in [0.3, 0.4) is 0 Å². The van der Waals surface area contributed by atoms with E-state index in [1.54, 1.807) is 31.2 Å². The maximum absolute atomic E-state index is 12.8. The summed E-state index contributed by atoms with van der Waals surface area (Å²) in [4.78, 5) is 30.0. The summed E-state index contributed by atoms with van der Waals surface area (Å²) in [6.07, 6.45) is 0. The van der Waals surface area contributed by atoms with E-state index in [-0.39, 0.29) is 11.7 Å². The van der Waals surface area contributed by atoms with Gasteiger partial charge in [-0.05, 0) is 32.0 Å². The molecule has 0 bridgehead atoms. The van der Waals surface area contributed by atoms with Gasteiger partial charge in [-0.15, -0.1) is 11.3 Å². The van der Waals surface area contributed by atoms with Crippen LogP contribution in [0.4, 0.5) is 11.4 Å². The molecule has 1 aromatic carbocycles. The monoisotopic (exact) mass is 383 g/mol. The van der Waals surface area contributed by atoms with Gasteiger partial charge in [-0.3, -0.25) is 9.59 Å². The number of aromatic nitrogens is 1. The molecule has 27 heavy (non-hydrogen) atoms. The van der Waals surface area contributed by atoms with Crippen LogP contribution in [0.1, 0.15) is 32.6 Å². The summed E-state index contributed by atoms with van der Waals surface area (Å²) in [5, 5.41) is 3.44. The van der Waals surface area contributed by atoms with E-state index in [4.69, 9.17) is 15.2 Å². The molecule has 0 saturated carbocycles. The normalized spacial score (nSPS) is 12.8. The Morgan fingerprint density at radius 2 is 2.04 bits per heavy atom. The number of amides is 1. The second-order valence-electron chi connectivity index (χ2n) is 6.16. The van der Waals surface area contributed by atoms with E-state index in [2.05, 4.69) is 10.3 Å². The molecule has 3 aromatic rings. The van der Waals surface area contributed by atoms with Gasteiger partial charge in [0.05, 0.1) is 11.4 Å². The Kier molecular flexibility index (Phi) is 4.19. The fourth-order valence-corrected chi connectivity index (χ4v) is 4.02. The summed E-state index contributed by atoms with van der Waals surface area (Å²) >= 11 is 1.19. The largest absolute Gasteiger partial charge is 0.486 e. The zero-order chi connectivity index (χ0) is 19.1. The molecule has 0 atom stereocenters. The lowest BCUT2D eigenvalue weighted by Gasteiger charge is -2.20. The minimum Gasteiger partial charge on any atom is -0.486 e. The number of benzene rings is 1. The number of pyridine rings is 1. The highest BCUT2D eigenvalue weighted by molar-refractivity contribution is 7.21. The molecule has 0 aliphatic carbocycles. The fraction of sp³-hybridized carbons (Fsp3) is 0.211. The Morgan fingerprint density at radius 3 is 2.81 bits per heavy atom. The maximum atomic E-state index is 12.8. The maximum Gasteiger partial charge on any atom is 0.268 e. The van der Waals surface area contributed by atoms with E-state index in [9.17, 15) is 9.59 Å². The molecule has 0 radical (unpaired) electrons. The summed E-state index contributed by atoms with van der Waals surface area (Å²) < 4.78 is 11.2. The number of hydrogen-bond donors (Lipinski definition) is 2. The number of nitrogens with two attached hydrogens (primary N) is 1. The summed E-state index contributed by atoms with van der Waals surface area (Å²) in [7, 11) is 0. The summed E-state index contributed by atoms with van der Waals surface area (Å²) in [5.41, 5.74) is 8.14. The molecule has 0 spiro atoms. The number of ether oxygens (including phenoxy) is 2. The summed E-state index contributed by atoms with van der Waals surface area (Å²) in [5.74, 6) is 0.642. The number of nitrogen functional groups attached to an aromatic ring is 1. The Morgan fingerprint density at radius 1 is 1.26 bits per heavy atom. The molecule has 3 heterocycles. The predicted molar refractivity (Wildman–Crippen MR) is 104 cm³/mol. The van der Waals surface area contributed by atoms with Gasteiger partial charge in [-0.25, -0.2) is 4.98 Å². The number of Topliss-reactive ketones (excluding diaryl/α,β-unsaturated/α-hetero) is 1. The number of nitrogens with zero attached hydrogens (tertiary/aromatic N) is 1. The third-order valence-electron chi connectivity index (χ3n) is 4.31. The van der Waals surface area contributed by atoms with Crippen LogP contribution in [0.25, 0.3) is 10.2 Å². The number of para-hydroxylation sites is 1. The van der Waals surface area contributed by atoms with Crippen LogP contribution in [0.15, 0.2) is 24.3 Å². The third-order valence-corrected chi connectivity index (χ3v) is 5.43. The van der Waals surface area contributed by atoms with Crippen LogP contribution >= 0.6 is 11.3 Å². The van der Waals surface area contributed by atoms with Gasteiger partial charge in [0.1, 0.15) is 22.9 Å². The van der Waals surface area contributed by atoms with Crippen molar-refractivity contribution in [2.45, 2.75) is 13.8 Å². The minimum atomic E-state index is -0.361. The molecular formula is C19H17N3O4S. The molecule has 7 nitrogen and oxygen atoms in total. The number of carbonyl (C=O) groups excluding carboxylic acids is 2. The summed E-state index contributed by atoms with van der Waals surface area (Å²) in [6.45, 7) is 4.13. The fourth-order valence-electron chi connectivity index (χ4n) is 3.00. The van der Waals surface area contributed by atoms with Gasteiger partial charge in [-0.1, -0.05) is 6.07 Å². The molecule has 1 aliphatic rings. The molecule has 8 heteroatoms.